The predicted molar refractivity (Wildman–Crippen MR) is 99.8 cm³/mol. The molecule has 6 heteroatoms. The first-order chi connectivity index (χ1) is 12.5. The molecule has 26 heavy (non-hydrogen) atoms. The van der Waals surface area contributed by atoms with Gasteiger partial charge in [0.25, 0.3) is 0 Å². The number of amides is 2. The van der Waals surface area contributed by atoms with Gasteiger partial charge in [-0.3, -0.25) is 9.59 Å². The van der Waals surface area contributed by atoms with Gasteiger partial charge in [0.2, 0.25) is 11.8 Å². The van der Waals surface area contributed by atoms with Gasteiger partial charge < -0.3 is 14.4 Å². The first kappa shape index (κ1) is 17.1. The number of carbonyl (C=O) groups is 2. The Hall–Kier alpha value is -2.37. The smallest absolute Gasteiger partial charge is 0.227 e. The molecular weight excluding hydrogens is 328 g/mol. The lowest BCUT2D eigenvalue weighted by Gasteiger charge is -2.21. The van der Waals surface area contributed by atoms with Crippen LogP contribution in [0.2, 0.25) is 0 Å². The number of imidazole rings is 1. The van der Waals surface area contributed by atoms with E-state index in [0.717, 1.165) is 36.1 Å². The highest BCUT2D eigenvalue weighted by Gasteiger charge is 2.28. The molecule has 2 fully saturated rings. The van der Waals surface area contributed by atoms with Crippen molar-refractivity contribution in [1.82, 2.24) is 19.4 Å². The molecule has 0 bridgehead atoms. The molecule has 2 aromatic rings. The summed E-state index contributed by atoms with van der Waals surface area (Å²) >= 11 is 0. The molecule has 2 amide bonds. The number of nitrogens with zero attached hydrogens (tertiary/aromatic N) is 4. The van der Waals surface area contributed by atoms with E-state index < -0.39 is 0 Å². The summed E-state index contributed by atoms with van der Waals surface area (Å²) in [4.78, 5) is 32.8. The zero-order valence-corrected chi connectivity index (χ0v) is 15.6. The van der Waals surface area contributed by atoms with Gasteiger partial charge in [0, 0.05) is 46.1 Å². The van der Waals surface area contributed by atoms with E-state index in [-0.39, 0.29) is 11.8 Å². The highest BCUT2D eigenvalue weighted by molar-refractivity contribution is 5.82. The maximum absolute atomic E-state index is 12.7. The SMILES string of the molecule is CC(=O)N1CCCN(C(=O)Cc2ccc3c(c2)nc(C2CC2)n3C)CC1. The minimum Gasteiger partial charge on any atom is -0.341 e. The maximum Gasteiger partial charge on any atom is 0.227 e. The van der Waals surface area contributed by atoms with E-state index in [1.54, 1.807) is 6.92 Å². The van der Waals surface area contributed by atoms with Crippen molar-refractivity contribution in [1.29, 1.82) is 0 Å². The van der Waals surface area contributed by atoms with E-state index in [1.807, 2.05) is 15.9 Å². The zero-order valence-electron chi connectivity index (χ0n) is 15.6. The Bertz CT molecular complexity index is 853. The number of hydrogen-bond acceptors (Lipinski definition) is 3. The number of rotatable bonds is 3. The Morgan fingerprint density at radius 2 is 1.85 bits per heavy atom. The van der Waals surface area contributed by atoms with Gasteiger partial charge in [0.15, 0.2) is 0 Å². The van der Waals surface area contributed by atoms with E-state index in [0.29, 0.717) is 25.4 Å². The molecule has 6 nitrogen and oxygen atoms in total. The second kappa shape index (κ2) is 6.74. The second-order valence-corrected chi connectivity index (χ2v) is 7.54. The predicted octanol–water partition coefficient (Wildman–Crippen LogP) is 2.07. The minimum absolute atomic E-state index is 0.0892. The molecule has 1 saturated heterocycles. The normalized spacial score (nSPS) is 18.2. The summed E-state index contributed by atoms with van der Waals surface area (Å²) in [5, 5.41) is 0. The first-order valence-corrected chi connectivity index (χ1v) is 9.51. The lowest BCUT2D eigenvalue weighted by atomic mass is 10.1. The highest BCUT2D eigenvalue weighted by atomic mass is 16.2. The standard InChI is InChI=1S/C20H26N4O2/c1-14(25)23-8-3-9-24(11-10-23)19(26)13-15-4-7-18-17(12-15)21-20(22(18)2)16-5-6-16/h4,7,12,16H,3,5-6,8-11,13H2,1-2H3. The van der Waals surface area contributed by atoms with Crippen LogP contribution in [0.25, 0.3) is 11.0 Å². The van der Waals surface area contributed by atoms with Crippen molar-refractivity contribution in [3.05, 3.63) is 29.6 Å². The zero-order chi connectivity index (χ0) is 18.3. The van der Waals surface area contributed by atoms with Crippen LogP contribution in [0.4, 0.5) is 0 Å². The minimum atomic E-state index is 0.0892. The van der Waals surface area contributed by atoms with Crippen molar-refractivity contribution in [3.8, 4) is 0 Å². The maximum atomic E-state index is 12.7. The summed E-state index contributed by atoms with van der Waals surface area (Å²) in [5.41, 5.74) is 3.13. The Labute approximate surface area is 153 Å². The number of aryl methyl sites for hydroxylation is 1. The lowest BCUT2D eigenvalue weighted by Crippen LogP contribution is -2.37. The molecule has 0 N–H and O–H groups in total. The molecule has 2 heterocycles. The fourth-order valence-electron chi connectivity index (χ4n) is 3.85. The van der Waals surface area contributed by atoms with Crippen LogP contribution in [-0.4, -0.2) is 57.3 Å². The van der Waals surface area contributed by atoms with E-state index in [4.69, 9.17) is 4.98 Å². The Morgan fingerprint density at radius 1 is 1.12 bits per heavy atom. The number of aromatic nitrogens is 2. The van der Waals surface area contributed by atoms with E-state index in [9.17, 15) is 9.59 Å². The van der Waals surface area contributed by atoms with Gasteiger partial charge in [-0.1, -0.05) is 6.07 Å². The van der Waals surface area contributed by atoms with Crippen molar-refractivity contribution in [2.45, 2.75) is 38.5 Å². The van der Waals surface area contributed by atoms with Gasteiger partial charge >= 0.3 is 0 Å². The van der Waals surface area contributed by atoms with Crippen molar-refractivity contribution < 1.29 is 9.59 Å². The Morgan fingerprint density at radius 3 is 2.58 bits per heavy atom. The third kappa shape index (κ3) is 3.32. The molecule has 0 radical (unpaired) electrons. The molecule has 138 valence electrons. The molecule has 1 saturated carbocycles. The van der Waals surface area contributed by atoms with Gasteiger partial charge in [0.1, 0.15) is 5.82 Å². The van der Waals surface area contributed by atoms with Crippen molar-refractivity contribution >= 4 is 22.8 Å². The van der Waals surface area contributed by atoms with Crippen molar-refractivity contribution in [2.24, 2.45) is 7.05 Å². The Balaban J connectivity index is 1.46. The molecule has 0 unspecified atom stereocenters. The molecule has 1 aromatic heterocycles. The fourth-order valence-corrected chi connectivity index (χ4v) is 3.85. The second-order valence-electron chi connectivity index (χ2n) is 7.54. The highest BCUT2D eigenvalue weighted by Crippen LogP contribution is 2.40. The van der Waals surface area contributed by atoms with Crippen LogP contribution in [-0.2, 0) is 23.1 Å². The third-order valence-electron chi connectivity index (χ3n) is 5.57. The quantitative estimate of drug-likeness (QED) is 0.848. The topological polar surface area (TPSA) is 58.4 Å². The summed E-state index contributed by atoms with van der Waals surface area (Å²) in [6.45, 7) is 4.31. The van der Waals surface area contributed by atoms with Gasteiger partial charge in [-0.25, -0.2) is 4.98 Å². The van der Waals surface area contributed by atoms with Gasteiger partial charge in [-0.05, 0) is 37.0 Å². The summed E-state index contributed by atoms with van der Waals surface area (Å²) in [6, 6.07) is 6.17. The van der Waals surface area contributed by atoms with E-state index in [2.05, 4.69) is 23.7 Å². The molecule has 2 aliphatic rings. The average molecular weight is 354 g/mol. The molecule has 4 rings (SSSR count). The molecule has 0 spiro atoms. The number of fused-ring (bicyclic) bond motifs is 1. The van der Waals surface area contributed by atoms with Crippen molar-refractivity contribution in [2.75, 3.05) is 26.2 Å². The van der Waals surface area contributed by atoms with E-state index >= 15 is 0 Å². The molecular formula is C20H26N4O2. The summed E-state index contributed by atoms with van der Waals surface area (Å²) in [6.07, 6.45) is 3.70. The number of carbonyl (C=O) groups excluding carboxylic acids is 2. The van der Waals surface area contributed by atoms with E-state index in [1.165, 1.54) is 18.7 Å². The first-order valence-electron chi connectivity index (χ1n) is 9.51. The van der Waals surface area contributed by atoms with Crippen LogP contribution in [0.5, 0.6) is 0 Å². The average Bonchev–Trinajstić information content (AvgIpc) is 3.42. The largest absolute Gasteiger partial charge is 0.341 e. The molecule has 1 aliphatic carbocycles. The van der Waals surface area contributed by atoms with Crippen LogP contribution in [0.3, 0.4) is 0 Å². The van der Waals surface area contributed by atoms with Gasteiger partial charge in [-0.15, -0.1) is 0 Å². The van der Waals surface area contributed by atoms with Gasteiger partial charge in [0.05, 0.1) is 17.5 Å². The van der Waals surface area contributed by atoms with Crippen LogP contribution in [0, 0.1) is 0 Å². The molecule has 1 aromatic carbocycles. The summed E-state index contributed by atoms with van der Waals surface area (Å²) in [5.74, 6) is 2.00. The summed E-state index contributed by atoms with van der Waals surface area (Å²) in [7, 11) is 2.08. The van der Waals surface area contributed by atoms with Crippen LogP contribution >= 0.6 is 0 Å². The number of hydrogen-bond donors (Lipinski definition) is 0. The fraction of sp³-hybridized carbons (Fsp3) is 0.550. The molecule has 1 aliphatic heterocycles. The van der Waals surface area contributed by atoms with Crippen LogP contribution in [0.1, 0.15) is 43.5 Å². The van der Waals surface area contributed by atoms with Crippen LogP contribution < -0.4 is 0 Å². The molecule has 0 atom stereocenters. The third-order valence-corrected chi connectivity index (χ3v) is 5.57. The monoisotopic (exact) mass is 354 g/mol. The summed E-state index contributed by atoms with van der Waals surface area (Å²) < 4.78 is 2.18. The Kier molecular flexibility index (Phi) is 4.42. The van der Waals surface area contributed by atoms with Crippen LogP contribution in [0.15, 0.2) is 18.2 Å². The number of benzene rings is 1. The lowest BCUT2D eigenvalue weighted by molar-refractivity contribution is -0.132. The van der Waals surface area contributed by atoms with Crippen molar-refractivity contribution in [3.63, 3.8) is 0 Å². The van der Waals surface area contributed by atoms with Gasteiger partial charge in [-0.2, -0.15) is 0 Å².